The molecule has 0 saturated carbocycles. The molecule has 0 bridgehead atoms. The van der Waals surface area contributed by atoms with Gasteiger partial charge in [0.05, 0.1) is 5.56 Å². The molecule has 150 valence electrons. The number of nitrogens with one attached hydrogen (secondary N) is 2. The zero-order valence-corrected chi connectivity index (χ0v) is 16.2. The van der Waals surface area contributed by atoms with Gasteiger partial charge in [0.15, 0.2) is 0 Å². The quantitative estimate of drug-likeness (QED) is 0.750. The van der Waals surface area contributed by atoms with E-state index in [4.69, 9.17) is 4.42 Å². The van der Waals surface area contributed by atoms with Crippen molar-refractivity contribution in [1.29, 1.82) is 0 Å². The SMILES string of the molecule is Cc1cc(C(=O)NNC(=O)c2ccc(F)c(S(=O)(=O)N3CCCC3)c2)c(C)o1. The normalized spacial score (nSPS) is 14.8. The van der Waals surface area contributed by atoms with Crippen LogP contribution >= 0.6 is 0 Å². The van der Waals surface area contributed by atoms with Crippen LogP contribution in [-0.4, -0.2) is 37.6 Å². The summed E-state index contributed by atoms with van der Waals surface area (Å²) in [6.07, 6.45) is 1.42. The Morgan fingerprint density at radius 2 is 1.71 bits per heavy atom. The van der Waals surface area contributed by atoms with Crippen LogP contribution in [0, 0.1) is 19.7 Å². The third kappa shape index (κ3) is 3.92. The van der Waals surface area contributed by atoms with Gasteiger partial charge in [-0.15, -0.1) is 0 Å². The molecule has 1 aliphatic heterocycles. The third-order valence-electron chi connectivity index (χ3n) is 4.45. The van der Waals surface area contributed by atoms with Crippen molar-refractivity contribution in [2.75, 3.05) is 13.1 Å². The minimum Gasteiger partial charge on any atom is -0.466 e. The molecule has 2 N–H and O–H groups in total. The van der Waals surface area contributed by atoms with Gasteiger partial charge >= 0.3 is 0 Å². The molecule has 3 rings (SSSR count). The maximum Gasteiger partial charge on any atom is 0.273 e. The lowest BCUT2D eigenvalue weighted by molar-refractivity contribution is 0.0845. The fourth-order valence-corrected chi connectivity index (χ4v) is 4.63. The van der Waals surface area contributed by atoms with Crippen LogP contribution < -0.4 is 10.9 Å². The first-order valence-electron chi connectivity index (χ1n) is 8.67. The summed E-state index contributed by atoms with van der Waals surface area (Å²) in [6, 6.07) is 4.56. The van der Waals surface area contributed by atoms with Crippen LogP contribution in [0.4, 0.5) is 4.39 Å². The van der Waals surface area contributed by atoms with Crippen molar-refractivity contribution in [3.63, 3.8) is 0 Å². The van der Waals surface area contributed by atoms with Gasteiger partial charge in [-0.2, -0.15) is 4.31 Å². The second-order valence-electron chi connectivity index (χ2n) is 6.49. The number of amides is 2. The van der Waals surface area contributed by atoms with Gasteiger partial charge < -0.3 is 4.42 Å². The average molecular weight is 409 g/mol. The summed E-state index contributed by atoms with van der Waals surface area (Å²) in [7, 11) is -4.02. The molecule has 8 nitrogen and oxygen atoms in total. The van der Waals surface area contributed by atoms with Crippen molar-refractivity contribution in [1.82, 2.24) is 15.2 Å². The number of carbonyl (C=O) groups is 2. The molecule has 1 aromatic heterocycles. The van der Waals surface area contributed by atoms with Gasteiger partial charge in [-0.1, -0.05) is 0 Å². The van der Waals surface area contributed by atoms with E-state index in [1.807, 2.05) is 0 Å². The summed E-state index contributed by atoms with van der Waals surface area (Å²) in [6.45, 7) is 3.93. The van der Waals surface area contributed by atoms with E-state index in [2.05, 4.69) is 10.9 Å². The maximum atomic E-state index is 14.1. The van der Waals surface area contributed by atoms with Gasteiger partial charge in [0.2, 0.25) is 10.0 Å². The van der Waals surface area contributed by atoms with Crippen LogP contribution in [0.5, 0.6) is 0 Å². The van der Waals surface area contributed by atoms with E-state index in [9.17, 15) is 22.4 Å². The van der Waals surface area contributed by atoms with Crippen LogP contribution in [-0.2, 0) is 10.0 Å². The number of furan rings is 1. The van der Waals surface area contributed by atoms with Crippen LogP contribution in [0.25, 0.3) is 0 Å². The Balaban J connectivity index is 1.75. The lowest BCUT2D eigenvalue weighted by Crippen LogP contribution is -2.41. The van der Waals surface area contributed by atoms with Crippen molar-refractivity contribution < 1.29 is 26.8 Å². The molecule has 0 spiro atoms. The van der Waals surface area contributed by atoms with Crippen molar-refractivity contribution in [3.8, 4) is 0 Å². The van der Waals surface area contributed by atoms with Gasteiger partial charge in [-0.3, -0.25) is 20.4 Å². The topological polar surface area (TPSA) is 109 Å². The van der Waals surface area contributed by atoms with E-state index in [0.717, 1.165) is 18.2 Å². The molecule has 28 heavy (non-hydrogen) atoms. The van der Waals surface area contributed by atoms with Gasteiger partial charge in [-0.25, -0.2) is 12.8 Å². The number of benzene rings is 1. The second-order valence-corrected chi connectivity index (χ2v) is 8.40. The molecule has 2 aromatic rings. The van der Waals surface area contributed by atoms with Crippen LogP contribution in [0.3, 0.4) is 0 Å². The smallest absolute Gasteiger partial charge is 0.273 e. The minimum absolute atomic E-state index is 0.0976. The number of sulfonamides is 1. The largest absolute Gasteiger partial charge is 0.466 e. The Kier molecular flexibility index (Phi) is 5.52. The number of nitrogens with zero attached hydrogens (tertiary/aromatic N) is 1. The van der Waals surface area contributed by atoms with E-state index in [-0.39, 0.29) is 11.1 Å². The highest BCUT2D eigenvalue weighted by Gasteiger charge is 2.30. The summed E-state index contributed by atoms with van der Waals surface area (Å²) in [4.78, 5) is 23.9. The predicted molar refractivity (Wildman–Crippen MR) is 97.5 cm³/mol. The Morgan fingerprint density at radius 1 is 1.07 bits per heavy atom. The Labute approximate surface area is 161 Å². The third-order valence-corrected chi connectivity index (χ3v) is 6.37. The summed E-state index contributed by atoms with van der Waals surface area (Å²) < 4.78 is 45.8. The van der Waals surface area contributed by atoms with Crippen LogP contribution in [0.2, 0.25) is 0 Å². The molecule has 2 heterocycles. The zero-order valence-electron chi connectivity index (χ0n) is 15.4. The molecular weight excluding hydrogens is 389 g/mol. The fraction of sp³-hybridized carbons (Fsp3) is 0.333. The van der Waals surface area contributed by atoms with E-state index >= 15 is 0 Å². The average Bonchev–Trinajstić information content (AvgIpc) is 3.29. The van der Waals surface area contributed by atoms with Gasteiger partial charge in [-0.05, 0) is 51.0 Å². The molecule has 1 aliphatic rings. The molecule has 0 unspecified atom stereocenters. The van der Waals surface area contributed by atoms with Gasteiger partial charge in [0.25, 0.3) is 11.8 Å². The van der Waals surface area contributed by atoms with E-state index < -0.39 is 32.6 Å². The number of carbonyl (C=O) groups excluding carboxylic acids is 2. The van der Waals surface area contributed by atoms with E-state index in [0.29, 0.717) is 37.5 Å². The zero-order chi connectivity index (χ0) is 20.5. The summed E-state index contributed by atoms with van der Waals surface area (Å²) in [5.41, 5.74) is 4.58. The van der Waals surface area contributed by atoms with Crippen molar-refractivity contribution in [3.05, 3.63) is 52.7 Å². The number of rotatable bonds is 4. The summed E-state index contributed by atoms with van der Waals surface area (Å²) >= 11 is 0. The minimum atomic E-state index is -4.02. The predicted octanol–water partition coefficient (Wildman–Crippen LogP) is 1.89. The molecule has 10 heteroatoms. The Hall–Kier alpha value is -2.72. The van der Waals surface area contributed by atoms with E-state index in [1.54, 1.807) is 13.8 Å². The number of hydrazine groups is 1. The number of halogens is 1. The molecule has 0 atom stereocenters. The highest BCUT2D eigenvalue weighted by Crippen LogP contribution is 2.24. The van der Waals surface area contributed by atoms with Crippen LogP contribution in [0.1, 0.15) is 45.1 Å². The summed E-state index contributed by atoms with van der Waals surface area (Å²) in [5.74, 6) is -1.36. The maximum absolute atomic E-state index is 14.1. The van der Waals surface area contributed by atoms with Crippen molar-refractivity contribution in [2.45, 2.75) is 31.6 Å². The van der Waals surface area contributed by atoms with Crippen molar-refractivity contribution in [2.24, 2.45) is 0 Å². The lowest BCUT2D eigenvalue weighted by Gasteiger charge is -2.16. The highest BCUT2D eigenvalue weighted by atomic mass is 32.2. The van der Waals surface area contributed by atoms with Gasteiger partial charge in [0, 0.05) is 18.7 Å². The second kappa shape index (κ2) is 7.72. The molecular formula is C18H20FN3O5S. The lowest BCUT2D eigenvalue weighted by atomic mass is 10.2. The molecule has 2 amide bonds. The molecule has 1 aromatic carbocycles. The number of aryl methyl sites for hydroxylation is 2. The molecule has 0 aliphatic carbocycles. The molecule has 1 fully saturated rings. The first-order valence-corrected chi connectivity index (χ1v) is 10.1. The fourth-order valence-electron chi connectivity index (χ4n) is 3.02. The monoisotopic (exact) mass is 409 g/mol. The first kappa shape index (κ1) is 20.0. The summed E-state index contributed by atoms with van der Waals surface area (Å²) in [5, 5.41) is 0. The molecule has 0 radical (unpaired) electrons. The first-order chi connectivity index (χ1) is 13.2. The highest BCUT2D eigenvalue weighted by molar-refractivity contribution is 7.89. The standard InChI is InChI=1S/C18H20FN3O5S/c1-11-9-14(12(2)27-11)18(24)21-20-17(23)13-5-6-15(19)16(10-13)28(25,26)22-7-3-4-8-22/h5-6,9-10H,3-4,7-8H2,1-2H3,(H,20,23)(H,21,24). The number of hydrogen-bond acceptors (Lipinski definition) is 5. The van der Waals surface area contributed by atoms with E-state index in [1.165, 1.54) is 10.4 Å². The Bertz CT molecular complexity index is 1030. The number of hydrogen-bond donors (Lipinski definition) is 2. The van der Waals surface area contributed by atoms with Crippen molar-refractivity contribution >= 4 is 21.8 Å². The Morgan fingerprint density at radius 3 is 2.32 bits per heavy atom. The molecule has 1 saturated heterocycles. The van der Waals surface area contributed by atoms with Crippen LogP contribution in [0.15, 0.2) is 33.6 Å². The van der Waals surface area contributed by atoms with Gasteiger partial charge in [0.1, 0.15) is 22.2 Å².